The second-order valence-corrected chi connectivity index (χ2v) is 7.24. The molecule has 6 heteroatoms. The van der Waals surface area contributed by atoms with Gasteiger partial charge in [0.1, 0.15) is 5.01 Å². The zero-order valence-corrected chi connectivity index (χ0v) is 14.9. The number of aromatic nitrogens is 2. The van der Waals surface area contributed by atoms with Crippen molar-refractivity contribution >= 4 is 28.6 Å². The molecular formula is C18H19N3OS2. The van der Waals surface area contributed by atoms with Gasteiger partial charge in [-0.1, -0.05) is 0 Å². The molecule has 3 aromatic rings. The number of hydrogen-bond donors (Lipinski definition) is 1. The first-order valence-corrected chi connectivity index (χ1v) is 9.72. The van der Waals surface area contributed by atoms with Crippen LogP contribution in [-0.4, -0.2) is 15.9 Å². The number of pyridine rings is 1. The molecule has 0 radical (unpaired) electrons. The van der Waals surface area contributed by atoms with Gasteiger partial charge in [0.15, 0.2) is 0 Å². The molecule has 0 saturated carbocycles. The van der Waals surface area contributed by atoms with Crippen LogP contribution < -0.4 is 5.32 Å². The molecule has 0 aromatic carbocycles. The van der Waals surface area contributed by atoms with Gasteiger partial charge in [0, 0.05) is 36.8 Å². The third kappa shape index (κ3) is 4.97. The fourth-order valence-corrected chi connectivity index (χ4v) is 3.89. The summed E-state index contributed by atoms with van der Waals surface area (Å²) in [5.41, 5.74) is 2.45. The van der Waals surface area contributed by atoms with Gasteiger partial charge in [-0.05, 0) is 52.9 Å². The van der Waals surface area contributed by atoms with E-state index in [9.17, 15) is 4.79 Å². The largest absolute Gasteiger partial charge is 0.347 e. The average molecular weight is 358 g/mol. The molecule has 124 valence electrons. The van der Waals surface area contributed by atoms with Crippen LogP contribution in [-0.2, 0) is 17.6 Å². The predicted octanol–water partition coefficient (Wildman–Crippen LogP) is 4.02. The third-order valence-electron chi connectivity index (χ3n) is 3.72. The molecule has 1 atom stereocenters. The van der Waals surface area contributed by atoms with Crippen molar-refractivity contribution in [2.45, 2.75) is 31.7 Å². The topological polar surface area (TPSA) is 54.9 Å². The van der Waals surface area contributed by atoms with Crippen molar-refractivity contribution in [2.75, 3.05) is 0 Å². The molecule has 0 bridgehead atoms. The van der Waals surface area contributed by atoms with Crippen LogP contribution >= 0.6 is 22.7 Å². The van der Waals surface area contributed by atoms with Crippen molar-refractivity contribution in [3.63, 3.8) is 0 Å². The Labute approximate surface area is 149 Å². The number of carbonyl (C=O) groups excluding carboxylic acids is 1. The monoisotopic (exact) mass is 357 g/mol. The number of rotatable bonds is 8. The highest BCUT2D eigenvalue weighted by Gasteiger charge is 2.17. The highest BCUT2D eigenvalue weighted by Crippen LogP contribution is 2.22. The minimum Gasteiger partial charge on any atom is -0.347 e. The first-order valence-electron chi connectivity index (χ1n) is 7.90. The second-order valence-electron chi connectivity index (χ2n) is 5.54. The fourth-order valence-electron chi connectivity index (χ4n) is 2.52. The van der Waals surface area contributed by atoms with Crippen LogP contribution in [0.1, 0.15) is 35.0 Å². The summed E-state index contributed by atoms with van der Waals surface area (Å²) < 4.78 is 0. The molecule has 1 unspecified atom stereocenters. The van der Waals surface area contributed by atoms with E-state index in [0.717, 1.165) is 24.3 Å². The highest BCUT2D eigenvalue weighted by molar-refractivity contribution is 7.09. The van der Waals surface area contributed by atoms with Gasteiger partial charge < -0.3 is 5.32 Å². The lowest BCUT2D eigenvalue weighted by molar-refractivity contribution is -0.121. The van der Waals surface area contributed by atoms with Gasteiger partial charge in [-0.25, -0.2) is 4.98 Å². The number of carbonyl (C=O) groups is 1. The van der Waals surface area contributed by atoms with E-state index in [-0.39, 0.29) is 11.9 Å². The minimum atomic E-state index is -0.0481. The van der Waals surface area contributed by atoms with Gasteiger partial charge in [-0.2, -0.15) is 11.3 Å². The Morgan fingerprint density at radius 3 is 2.71 bits per heavy atom. The number of aryl methyl sites for hydroxylation is 1. The molecule has 1 amide bonds. The molecule has 3 heterocycles. The number of hydrogen-bond acceptors (Lipinski definition) is 5. The van der Waals surface area contributed by atoms with Crippen LogP contribution in [0.3, 0.4) is 0 Å². The van der Waals surface area contributed by atoms with Crippen LogP contribution in [0.2, 0.25) is 0 Å². The Hall–Kier alpha value is -2.05. The second kappa shape index (κ2) is 8.70. The van der Waals surface area contributed by atoms with E-state index >= 15 is 0 Å². The van der Waals surface area contributed by atoms with Crippen LogP contribution in [0, 0.1) is 0 Å². The van der Waals surface area contributed by atoms with Crippen LogP contribution in [0.25, 0.3) is 0 Å². The quantitative estimate of drug-likeness (QED) is 0.662. The zero-order valence-electron chi connectivity index (χ0n) is 13.2. The highest BCUT2D eigenvalue weighted by atomic mass is 32.1. The van der Waals surface area contributed by atoms with Crippen molar-refractivity contribution in [3.05, 3.63) is 69.1 Å². The maximum Gasteiger partial charge on any atom is 0.220 e. The minimum absolute atomic E-state index is 0.0481. The van der Waals surface area contributed by atoms with E-state index < -0.39 is 0 Å². The van der Waals surface area contributed by atoms with E-state index in [2.05, 4.69) is 32.1 Å². The molecular weight excluding hydrogens is 338 g/mol. The third-order valence-corrected chi connectivity index (χ3v) is 5.34. The lowest BCUT2D eigenvalue weighted by Gasteiger charge is -2.16. The molecule has 0 saturated heterocycles. The number of amides is 1. The summed E-state index contributed by atoms with van der Waals surface area (Å²) in [6, 6.07) is 6.04. The van der Waals surface area contributed by atoms with E-state index in [4.69, 9.17) is 0 Å². The summed E-state index contributed by atoms with van der Waals surface area (Å²) >= 11 is 3.26. The number of nitrogens with zero attached hydrogens (tertiary/aromatic N) is 2. The van der Waals surface area contributed by atoms with Gasteiger partial charge in [-0.15, -0.1) is 11.3 Å². The van der Waals surface area contributed by atoms with E-state index in [1.807, 2.05) is 17.5 Å². The fraction of sp³-hybridized carbons (Fsp3) is 0.278. The van der Waals surface area contributed by atoms with Crippen molar-refractivity contribution in [3.8, 4) is 0 Å². The molecule has 1 N–H and O–H groups in total. The van der Waals surface area contributed by atoms with Gasteiger partial charge in [-0.3, -0.25) is 9.78 Å². The molecule has 24 heavy (non-hydrogen) atoms. The summed E-state index contributed by atoms with van der Waals surface area (Å²) in [5.74, 6) is 0.0829. The summed E-state index contributed by atoms with van der Waals surface area (Å²) in [6.07, 6.45) is 8.39. The standard InChI is InChI=1S/C18H19N3OS2/c22-17(3-1-2-14-4-7-19-8-5-14)21-16(18-20-9-11-24-18)12-15-6-10-23-13-15/h4-11,13,16H,1-3,12H2,(H,21,22). The molecule has 0 spiro atoms. The SMILES string of the molecule is O=C(CCCc1ccncc1)NC(Cc1ccsc1)c1nccs1. The van der Waals surface area contributed by atoms with E-state index in [1.54, 1.807) is 41.3 Å². The lowest BCUT2D eigenvalue weighted by Crippen LogP contribution is -2.29. The van der Waals surface area contributed by atoms with Crippen molar-refractivity contribution < 1.29 is 4.79 Å². The predicted molar refractivity (Wildman–Crippen MR) is 98.2 cm³/mol. The summed E-state index contributed by atoms with van der Waals surface area (Å²) in [5, 5.41) is 10.2. The molecule has 0 aliphatic heterocycles. The Bertz CT molecular complexity index is 727. The van der Waals surface area contributed by atoms with Crippen LogP contribution in [0.15, 0.2) is 52.9 Å². The molecule has 0 aliphatic carbocycles. The molecule has 3 rings (SSSR count). The molecule has 4 nitrogen and oxygen atoms in total. The summed E-state index contributed by atoms with van der Waals surface area (Å²) in [4.78, 5) is 20.7. The van der Waals surface area contributed by atoms with Gasteiger partial charge in [0.25, 0.3) is 0 Å². The number of thiophene rings is 1. The maximum absolute atomic E-state index is 12.3. The van der Waals surface area contributed by atoms with Gasteiger partial charge in [0.05, 0.1) is 6.04 Å². The van der Waals surface area contributed by atoms with E-state index in [1.165, 1.54) is 11.1 Å². The van der Waals surface area contributed by atoms with Crippen LogP contribution in [0.5, 0.6) is 0 Å². The molecule has 3 aromatic heterocycles. The Kier molecular flexibility index (Phi) is 6.09. The first-order chi connectivity index (χ1) is 11.8. The number of thiazole rings is 1. The maximum atomic E-state index is 12.3. The molecule has 0 aliphatic rings. The normalized spacial score (nSPS) is 12.0. The van der Waals surface area contributed by atoms with E-state index in [0.29, 0.717) is 6.42 Å². The Morgan fingerprint density at radius 1 is 1.12 bits per heavy atom. The van der Waals surface area contributed by atoms with Gasteiger partial charge >= 0.3 is 0 Å². The van der Waals surface area contributed by atoms with Crippen molar-refractivity contribution in [2.24, 2.45) is 0 Å². The average Bonchev–Trinajstić information content (AvgIpc) is 3.29. The van der Waals surface area contributed by atoms with Crippen molar-refractivity contribution in [1.82, 2.24) is 15.3 Å². The smallest absolute Gasteiger partial charge is 0.220 e. The summed E-state index contributed by atoms with van der Waals surface area (Å²) in [6.45, 7) is 0. The lowest BCUT2D eigenvalue weighted by atomic mass is 10.1. The number of nitrogens with one attached hydrogen (secondary N) is 1. The summed E-state index contributed by atoms with van der Waals surface area (Å²) in [7, 11) is 0. The van der Waals surface area contributed by atoms with Crippen molar-refractivity contribution in [1.29, 1.82) is 0 Å². The first kappa shape index (κ1) is 16.8. The Balaban J connectivity index is 1.53. The van der Waals surface area contributed by atoms with Gasteiger partial charge in [0.2, 0.25) is 5.91 Å². The Morgan fingerprint density at radius 2 is 2.00 bits per heavy atom. The molecule has 0 fully saturated rings. The zero-order chi connectivity index (χ0) is 16.6. The van der Waals surface area contributed by atoms with Crippen LogP contribution in [0.4, 0.5) is 0 Å².